The minimum atomic E-state index is 0.0380. The van der Waals surface area contributed by atoms with Gasteiger partial charge in [-0.05, 0) is 37.0 Å². The van der Waals surface area contributed by atoms with Crippen LogP contribution in [0.15, 0.2) is 59.7 Å². The largest absolute Gasteiger partial charge is 0.367 e. The van der Waals surface area contributed by atoms with Gasteiger partial charge in [-0.25, -0.2) is 0 Å². The maximum atomic E-state index is 6.11. The molecule has 2 aliphatic rings. The van der Waals surface area contributed by atoms with Crippen molar-refractivity contribution in [1.82, 2.24) is 4.98 Å². The van der Waals surface area contributed by atoms with Crippen molar-refractivity contribution in [3.05, 3.63) is 71.0 Å². The van der Waals surface area contributed by atoms with Gasteiger partial charge in [-0.3, -0.25) is 0 Å². The molecule has 0 bridgehead atoms. The first-order valence-corrected chi connectivity index (χ1v) is 7.59. The van der Waals surface area contributed by atoms with Crippen molar-refractivity contribution >= 4 is 10.9 Å². The average Bonchev–Trinajstić information content (AvgIpc) is 2.75. The van der Waals surface area contributed by atoms with E-state index < -0.39 is 0 Å². The Kier molecular flexibility index (Phi) is 3.04. The van der Waals surface area contributed by atoms with Crippen molar-refractivity contribution in [3.63, 3.8) is 0 Å². The van der Waals surface area contributed by atoms with E-state index in [0.717, 1.165) is 19.4 Å². The fraction of sp³-hybridized carbons (Fsp3) is 0.263. The Bertz CT molecular complexity index is 776. The van der Waals surface area contributed by atoms with E-state index in [1.807, 2.05) is 0 Å². The molecule has 1 aromatic carbocycles. The van der Waals surface area contributed by atoms with Crippen molar-refractivity contribution < 1.29 is 4.74 Å². The van der Waals surface area contributed by atoms with Gasteiger partial charge in [-0.2, -0.15) is 0 Å². The number of nitrogens with one attached hydrogen (secondary N) is 1. The standard InChI is InChI=1S/C19H19NO/c1-13-6-2-3-7-14(12-13)19-18-16(10-11-21-19)15-8-4-5-9-17(15)20-18/h2,4-9,12,19-20H,3,10-11H2,1H3. The molecule has 1 unspecified atom stereocenters. The van der Waals surface area contributed by atoms with Gasteiger partial charge in [0.15, 0.2) is 0 Å². The molecule has 0 spiro atoms. The Morgan fingerprint density at radius 1 is 1.24 bits per heavy atom. The van der Waals surface area contributed by atoms with Gasteiger partial charge in [-0.1, -0.05) is 48.1 Å². The zero-order valence-corrected chi connectivity index (χ0v) is 12.2. The number of H-pyrrole nitrogens is 1. The summed E-state index contributed by atoms with van der Waals surface area (Å²) in [4.78, 5) is 3.58. The zero-order valence-electron chi connectivity index (χ0n) is 12.2. The molecular weight excluding hydrogens is 258 g/mol. The van der Waals surface area contributed by atoms with Crippen LogP contribution in [-0.4, -0.2) is 11.6 Å². The number of fused-ring (bicyclic) bond motifs is 3. The third-order valence-electron chi connectivity index (χ3n) is 4.31. The third kappa shape index (κ3) is 2.16. The Hall–Kier alpha value is -2.06. The van der Waals surface area contributed by atoms with Gasteiger partial charge in [-0.15, -0.1) is 0 Å². The fourth-order valence-corrected chi connectivity index (χ4v) is 3.35. The van der Waals surface area contributed by atoms with Crippen LogP contribution in [0.4, 0.5) is 0 Å². The first-order chi connectivity index (χ1) is 10.3. The highest BCUT2D eigenvalue weighted by molar-refractivity contribution is 5.85. The van der Waals surface area contributed by atoms with Crippen molar-refractivity contribution in [2.45, 2.75) is 25.9 Å². The number of aromatic amines is 1. The number of hydrogen-bond acceptors (Lipinski definition) is 1. The van der Waals surface area contributed by atoms with E-state index in [2.05, 4.69) is 60.5 Å². The summed E-state index contributed by atoms with van der Waals surface area (Å²) in [5.41, 5.74) is 6.42. The van der Waals surface area contributed by atoms with Crippen LogP contribution in [-0.2, 0) is 11.2 Å². The van der Waals surface area contributed by atoms with Gasteiger partial charge in [0.05, 0.1) is 12.3 Å². The predicted molar refractivity (Wildman–Crippen MR) is 86.3 cm³/mol. The van der Waals surface area contributed by atoms with Gasteiger partial charge in [0.2, 0.25) is 0 Å². The van der Waals surface area contributed by atoms with Crippen LogP contribution in [0.3, 0.4) is 0 Å². The summed E-state index contributed by atoms with van der Waals surface area (Å²) in [5.74, 6) is 0. The number of rotatable bonds is 1. The molecule has 21 heavy (non-hydrogen) atoms. The lowest BCUT2D eigenvalue weighted by atomic mass is 9.96. The van der Waals surface area contributed by atoms with Crippen molar-refractivity contribution in [3.8, 4) is 0 Å². The lowest BCUT2D eigenvalue weighted by Gasteiger charge is -2.24. The van der Waals surface area contributed by atoms with Gasteiger partial charge < -0.3 is 9.72 Å². The van der Waals surface area contributed by atoms with Crippen LogP contribution in [0.1, 0.15) is 30.7 Å². The van der Waals surface area contributed by atoms with E-state index >= 15 is 0 Å². The van der Waals surface area contributed by atoms with E-state index in [0.29, 0.717) is 0 Å². The average molecular weight is 277 g/mol. The zero-order chi connectivity index (χ0) is 14.2. The molecule has 2 heterocycles. The second-order valence-corrected chi connectivity index (χ2v) is 5.79. The molecule has 0 amide bonds. The lowest BCUT2D eigenvalue weighted by molar-refractivity contribution is 0.0671. The monoisotopic (exact) mass is 277 g/mol. The maximum absolute atomic E-state index is 6.11. The molecule has 2 nitrogen and oxygen atoms in total. The second kappa shape index (κ2) is 5.05. The maximum Gasteiger partial charge on any atom is 0.122 e. The van der Waals surface area contributed by atoms with E-state index in [1.165, 1.54) is 33.3 Å². The molecule has 2 heteroatoms. The number of benzene rings is 1. The van der Waals surface area contributed by atoms with Crippen LogP contribution >= 0.6 is 0 Å². The first kappa shape index (κ1) is 12.7. The quantitative estimate of drug-likeness (QED) is 0.808. The summed E-state index contributed by atoms with van der Waals surface area (Å²) in [6.07, 6.45) is 10.9. The second-order valence-electron chi connectivity index (χ2n) is 5.79. The highest BCUT2D eigenvalue weighted by atomic mass is 16.5. The molecule has 1 aromatic heterocycles. The molecular formula is C19H19NO. The van der Waals surface area contributed by atoms with Crippen LogP contribution < -0.4 is 0 Å². The van der Waals surface area contributed by atoms with Gasteiger partial charge >= 0.3 is 0 Å². The van der Waals surface area contributed by atoms with E-state index in [1.54, 1.807) is 0 Å². The van der Waals surface area contributed by atoms with Gasteiger partial charge in [0.25, 0.3) is 0 Å². The minimum absolute atomic E-state index is 0.0380. The molecule has 4 rings (SSSR count). The molecule has 2 aromatic rings. The number of allylic oxidation sites excluding steroid dienone is 4. The summed E-state index contributed by atoms with van der Waals surface area (Å²) in [5, 5.41) is 1.34. The van der Waals surface area contributed by atoms with Gasteiger partial charge in [0, 0.05) is 10.9 Å². The molecule has 0 fully saturated rings. The van der Waals surface area contributed by atoms with E-state index in [9.17, 15) is 0 Å². The summed E-state index contributed by atoms with van der Waals surface area (Å²) in [6.45, 7) is 2.93. The minimum Gasteiger partial charge on any atom is -0.367 e. The molecule has 0 saturated carbocycles. The topological polar surface area (TPSA) is 25.0 Å². The van der Waals surface area contributed by atoms with Crippen molar-refractivity contribution in [1.29, 1.82) is 0 Å². The molecule has 106 valence electrons. The van der Waals surface area contributed by atoms with Crippen LogP contribution in [0.5, 0.6) is 0 Å². The Morgan fingerprint density at radius 2 is 2.14 bits per heavy atom. The molecule has 1 atom stereocenters. The fourth-order valence-electron chi connectivity index (χ4n) is 3.35. The summed E-state index contributed by atoms with van der Waals surface area (Å²) >= 11 is 0. The summed E-state index contributed by atoms with van der Waals surface area (Å²) < 4.78 is 6.11. The molecule has 1 aliphatic carbocycles. The van der Waals surface area contributed by atoms with Crippen LogP contribution in [0, 0.1) is 0 Å². The Morgan fingerprint density at radius 3 is 3.10 bits per heavy atom. The molecule has 1 aliphatic heterocycles. The lowest BCUT2D eigenvalue weighted by Crippen LogP contribution is -2.17. The normalized spacial score (nSPS) is 21.7. The highest BCUT2D eigenvalue weighted by Gasteiger charge is 2.27. The predicted octanol–water partition coefficient (Wildman–Crippen LogP) is 4.61. The summed E-state index contributed by atoms with van der Waals surface area (Å²) in [7, 11) is 0. The third-order valence-corrected chi connectivity index (χ3v) is 4.31. The molecule has 0 radical (unpaired) electrons. The summed E-state index contributed by atoms with van der Waals surface area (Å²) in [6, 6.07) is 8.55. The van der Waals surface area contributed by atoms with Crippen LogP contribution in [0.25, 0.3) is 10.9 Å². The van der Waals surface area contributed by atoms with E-state index in [-0.39, 0.29) is 6.10 Å². The first-order valence-electron chi connectivity index (χ1n) is 7.59. The number of hydrogen-bond donors (Lipinski definition) is 1. The smallest absolute Gasteiger partial charge is 0.122 e. The van der Waals surface area contributed by atoms with E-state index in [4.69, 9.17) is 4.74 Å². The van der Waals surface area contributed by atoms with Gasteiger partial charge in [0.1, 0.15) is 6.10 Å². The Balaban J connectivity index is 1.84. The SMILES string of the molecule is CC1=CC(C2OCCc3c2[nH]c2ccccc32)=CCC=C1. The van der Waals surface area contributed by atoms with Crippen molar-refractivity contribution in [2.24, 2.45) is 0 Å². The molecule has 0 saturated heterocycles. The number of aromatic nitrogens is 1. The Labute approximate surface area is 124 Å². The molecule has 1 N–H and O–H groups in total. The van der Waals surface area contributed by atoms with Crippen LogP contribution in [0.2, 0.25) is 0 Å². The number of ether oxygens (including phenoxy) is 1. The van der Waals surface area contributed by atoms with Crippen molar-refractivity contribution in [2.75, 3.05) is 6.61 Å². The highest BCUT2D eigenvalue weighted by Crippen LogP contribution is 2.37. The number of para-hydroxylation sites is 1.